The number of carbonyl (C=O) groups is 3. The van der Waals surface area contributed by atoms with Gasteiger partial charge < -0.3 is 25.4 Å². The maximum Gasteiger partial charge on any atom is 0.271 e. The summed E-state index contributed by atoms with van der Waals surface area (Å²) in [5, 5.41) is 6.37. The third-order valence-electron chi connectivity index (χ3n) is 12.1. The highest BCUT2D eigenvalue weighted by Gasteiger charge is 2.39. The molecule has 2 fully saturated rings. The molecule has 4 aromatic carbocycles. The third-order valence-corrected chi connectivity index (χ3v) is 12.1. The Hall–Kier alpha value is -6.52. The summed E-state index contributed by atoms with van der Waals surface area (Å²) in [5.74, 6) is 0.436. The molecular formula is C50H54N8O3. The Morgan fingerprint density at radius 1 is 0.689 bits per heavy atom. The first-order chi connectivity index (χ1) is 29.6. The molecule has 1 aromatic heterocycles. The summed E-state index contributed by atoms with van der Waals surface area (Å²) in [7, 11) is 9.36. The molecule has 61 heavy (non-hydrogen) atoms. The summed E-state index contributed by atoms with van der Waals surface area (Å²) < 4.78 is 0. The average Bonchev–Trinajstić information content (AvgIpc) is 4.08. The lowest BCUT2D eigenvalue weighted by Crippen LogP contribution is -2.45. The summed E-state index contributed by atoms with van der Waals surface area (Å²) in [6.07, 6.45) is 7.37. The van der Waals surface area contributed by atoms with E-state index >= 15 is 0 Å². The Kier molecular flexibility index (Phi) is 12.2. The van der Waals surface area contributed by atoms with E-state index in [4.69, 9.17) is 4.98 Å². The van der Waals surface area contributed by atoms with Gasteiger partial charge in [0.1, 0.15) is 17.9 Å². The number of carbonyl (C=O) groups excluding carboxylic acids is 3. The van der Waals surface area contributed by atoms with Gasteiger partial charge in [0.05, 0.1) is 23.5 Å². The Morgan fingerprint density at radius 2 is 1.18 bits per heavy atom. The number of imidazole rings is 1. The Bertz CT molecular complexity index is 2470. The van der Waals surface area contributed by atoms with Crippen molar-refractivity contribution in [1.29, 1.82) is 0 Å². The number of aromatic amines is 1. The Morgan fingerprint density at radius 3 is 1.70 bits per heavy atom. The highest BCUT2D eigenvalue weighted by Crippen LogP contribution is 2.37. The quantitative estimate of drug-likeness (QED) is 0.113. The highest BCUT2D eigenvalue weighted by atomic mass is 16.2. The molecule has 3 aliphatic rings. The highest BCUT2D eigenvalue weighted by molar-refractivity contribution is 5.98. The van der Waals surface area contributed by atoms with E-state index in [0.717, 1.165) is 70.5 Å². The fourth-order valence-corrected chi connectivity index (χ4v) is 9.05. The smallest absolute Gasteiger partial charge is 0.271 e. The van der Waals surface area contributed by atoms with Gasteiger partial charge >= 0.3 is 0 Å². The zero-order chi connectivity index (χ0) is 42.6. The molecule has 8 rings (SSSR count). The lowest BCUT2D eigenvalue weighted by atomic mass is 9.99. The number of likely N-dealkylation sites (N-methyl/N-ethyl adjacent to an activating group) is 2. The molecule has 11 heteroatoms. The first kappa shape index (κ1) is 41.2. The molecule has 0 aliphatic carbocycles. The van der Waals surface area contributed by atoms with E-state index in [2.05, 4.69) is 57.7 Å². The van der Waals surface area contributed by atoms with Gasteiger partial charge in [-0.1, -0.05) is 115 Å². The molecular weight excluding hydrogens is 761 g/mol. The van der Waals surface area contributed by atoms with Crippen molar-refractivity contribution < 1.29 is 14.4 Å². The van der Waals surface area contributed by atoms with E-state index in [0.29, 0.717) is 30.3 Å². The van der Waals surface area contributed by atoms with E-state index < -0.39 is 6.04 Å². The van der Waals surface area contributed by atoms with Crippen molar-refractivity contribution in [2.45, 2.75) is 49.9 Å². The minimum atomic E-state index is -0.431. The van der Waals surface area contributed by atoms with Crippen LogP contribution < -0.4 is 10.6 Å². The molecule has 0 spiro atoms. The van der Waals surface area contributed by atoms with Crippen LogP contribution in [0.2, 0.25) is 0 Å². The maximum absolute atomic E-state index is 14.1. The van der Waals surface area contributed by atoms with Crippen molar-refractivity contribution in [3.8, 4) is 22.4 Å². The molecule has 5 aromatic rings. The standard InChI is InChI=1S/C50H54N8O3/c1-51-48(59)44-43(53-47(54-44)42-22-14-32-58(42)50(61)46(56(4)5)38-17-10-7-11-18-38)36-29-25-34(26-30-36)33-23-27-35(28-24-33)39-19-12-20-40(52-39)41-21-13-31-57(41)49(60)45(55(2)3)37-15-8-6-9-16-37/h6-12,15-19,23-30,41-42,45-46,52H,13-14,21-22,31-32H2,1-5H3,(H,51,59)(H,53,54)/t41?,42-,45+,46+/m0/s1. The average molecular weight is 815 g/mol. The van der Waals surface area contributed by atoms with Crippen LogP contribution in [0.15, 0.2) is 133 Å². The minimum absolute atomic E-state index is 0.0159. The van der Waals surface area contributed by atoms with Gasteiger partial charge in [-0.25, -0.2) is 4.98 Å². The predicted octanol–water partition coefficient (Wildman–Crippen LogP) is 7.35. The lowest BCUT2D eigenvalue weighted by Gasteiger charge is -2.33. The number of hydrogen-bond donors (Lipinski definition) is 3. The van der Waals surface area contributed by atoms with Crippen LogP contribution in [0.5, 0.6) is 0 Å². The first-order valence-electron chi connectivity index (χ1n) is 21.1. The predicted molar refractivity (Wildman–Crippen MR) is 240 cm³/mol. The maximum atomic E-state index is 14.1. The molecule has 11 nitrogen and oxygen atoms in total. The molecule has 3 aliphatic heterocycles. The van der Waals surface area contributed by atoms with Crippen molar-refractivity contribution in [3.63, 3.8) is 0 Å². The summed E-state index contributed by atoms with van der Waals surface area (Å²) >= 11 is 0. The number of benzene rings is 4. The number of aromatic nitrogens is 2. The molecule has 312 valence electrons. The normalized spacial score (nSPS) is 18.5. The second kappa shape index (κ2) is 18.0. The van der Waals surface area contributed by atoms with Crippen LogP contribution in [0.3, 0.4) is 0 Å². The lowest BCUT2D eigenvalue weighted by molar-refractivity contribution is -0.138. The van der Waals surface area contributed by atoms with Gasteiger partial charge in [-0.15, -0.1) is 0 Å². The fraction of sp³-hybridized carbons (Fsp3) is 0.300. The number of nitrogens with one attached hydrogen (secondary N) is 3. The van der Waals surface area contributed by atoms with Crippen LogP contribution in [0.1, 0.15) is 76.8 Å². The number of hydrogen-bond acceptors (Lipinski definition) is 7. The minimum Gasteiger partial charge on any atom is -0.354 e. The van der Waals surface area contributed by atoms with Gasteiger partial charge in [0.15, 0.2) is 5.69 Å². The van der Waals surface area contributed by atoms with Crippen LogP contribution in [0.25, 0.3) is 28.1 Å². The topological polar surface area (TPSA) is 117 Å². The van der Waals surface area contributed by atoms with Gasteiger partial charge in [0.2, 0.25) is 11.8 Å². The summed E-state index contributed by atoms with van der Waals surface area (Å²) in [6.45, 7) is 1.33. The molecule has 3 amide bonds. The molecule has 4 heterocycles. The molecule has 0 bridgehead atoms. The largest absolute Gasteiger partial charge is 0.354 e. The van der Waals surface area contributed by atoms with Gasteiger partial charge in [0, 0.05) is 31.4 Å². The molecule has 2 saturated heterocycles. The van der Waals surface area contributed by atoms with E-state index in [-0.39, 0.29) is 35.8 Å². The van der Waals surface area contributed by atoms with E-state index in [1.165, 1.54) is 0 Å². The molecule has 4 atom stereocenters. The summed E-state index contributed by atoms with van der Waals surface area (Å²) in [5.41, 5.74) is 12.1. The van der Waals surface area contributed by atoms with Crippen LogP contribution in [-0.4, -0.2) is 102 Å². The SMILES string of the molecule is CNC(=O)c1nc([C@@H]2CCCN2C(=O)[C@@H](c2ccccc2)N(C)C)[nH]c1-c1ccc(-c2ccc(C3=CC=C=C(C4CCCN4C(=O)[C@@H](c4ccccc4)N(C)C)N3)cc2)cc1. The van der Waals surface area contributed by atoms with Crippen LogP contribution in [-0.2, 0) is 9.59 Å². The van der Waals surface area contributed by atoms with Crippen molar-refractivity contribution in [2.75, 3.05) is 48.3 Å². The van der Waals surface area contributed by atoms with Crippen LogP contribution in [0, 0.1) is 0 Å². The number of nitrogens with zero attached hydrogens (tertiary/aromatic N) is 5. The van der Waals surface area contributed by atoms with Crippen molar-refractivity contribution in [1.82, 2.24) is 40.2 Å². The Labute approximate surface area is 358 Å². The van der Waals surface area contributed by atoms with Gasteiger partial charge in [-0.2, -0.15) is 0 Å². The fourth-order valence-electron chi connectivity index (χ4n) is 9.05. The number of amides is 3. The number of H-pyrrole nitrogens is 1. The second-order valence-corrected chi connectivity index (χ2v) is 16.4. The van der Waals surface area contributed by atoms with Gasteiger partial charge in [-0.05, 0) is 93.8 Å². The van der Waals surface area contributed by atoms with E-state index in [9.17, 15) is 14.4 Å². The Balaban J connectivity index is 0.968. The molecule has 0 radical (unpaired) electrons. The number of allylic oxidation sites excluding steroid dienone is 1. The zero-order valence-electron chi connectivity index (χ0n) is 35.6. The van der Waals surface area contributed by atoms with Gasteiger partial charge in [0.25, 0.3) is 5.91 Å². The first-order valence-corrected chi connectivity index (χ1v) is 21.1. The van der Waals surface area contributed by atoms with E-state index in [1.54, 1.807) is 7.05 Å². The van der Waals surface area contributed by atoms with Crippen molar-refractivity contribution in [2.24, 2.45) is 0 Å². The zero-order valence-corrected chi connectivity index (χ0v) is 35.6. The van der Waals surface area contributed by atoms with Crippen molar-refractivity contribution in [3.05, 3.63) is 161 Å². The molecule has 1 unspecified atom stereocenters. The summed E-state index contributed by atoms with van der Waals surface area (Å²) in [6, 6.07) is 35.2. The molecule has 0 saturated carbocycles. The second-order valence-electron chi connectivity index (χ2n) is 16.4. The van der Waals surface area contributed by atoms with Crippen molar-refractivity contribution >= 4 is 23.4 Å². The van der Waals surface area contributed by atoms with Crippen LogP contribution in [0.4, 0.5) is 0 Å². The molecule has 3 N–H and O–H groups in total. The summed E-state index contributed by atoms with van der Waals surface area (Å²) in [4.78, 5) is 57.6. The number of likely N-dealkylation sites (tertiary alicyclic amines) is 2. The van der Waals surface area contributed by atoms with Crippen LogP contribution >= 0.6 is 0 Å². The van der Waals surface area contributed by atoms with E-state index in [1.807, 2.05) is 133 Å². The number of rotatable bonds is 12. The van der Waals surface area contributed by atoms with Gasteiger partial charge in [-0.3, -0.25) is 24.2 Å². The monoisotopic (exact) mass is 814 g/mol. The third kappa shape index (κ3) is 8.45.